The maximum absolute atomic E-state index is 12.4. The molecule has 0 aromatic heterocycles. The molecular formula is C15H18Cl2N2O. The number of fused-ring (bicyclic) bond motifs is 2. The van der Waals surface area contributed by atoms with Gasteiger partial charge in [-0.25, -0.2) is 0 Å². The second kappa shape index (κ2) is 5.92. The number of nitrogens with zero attached hydrogens (tertiary/aromatic N) is 1. The Labute approximate surface area is 129 Å². The average Bonchev–Trinajstić information content (AvgIpc) is 2.72. The fraction of sp³-hybridized carbons (Fsp3) is 0.533. The summed E-state index contributed by atoms with van der Waals surface area (Å²) in [4.78, 5) is 14.4. The molecule has 0 radical (unpaired) electrons. The van der Waals surface area contributed by atoms with Crippen molar-refractivity contribution in [3.05, 3.63) is 33.8 Å². The molecule has 5 heteroatoms. The van der Waals surface area contributed by atoms with Gasteiger partial charge >= 0.3 is 0 Å². The van der Waals surface area contributed by atoms with E-state index in [0.29, 0.717) is 28.5 Å². The minimum atomic E-state index is 0.156. The van der Waals surface area contributed by atoms with Crippen molar-refractivity contribution in [3.63, 3.8) is 0 Å². The molecule has 1 N–H and O–H groups in total. The van der Waals surface area contributed by atoms with E-state index in [0.717, 1.165) is 25.1 Å². The second-order valence-electron chi connectivity index (χ2n) is 5.68. The number of benzene rings is 1. The molecule has 2 saturated heterocycles. The van der Waals surface area contributed by atoms with Gasteiger partial charge in [0.15, 0.2) is 0 Å². The predicted molar refractivity (Wildman–Crippen MR) is 81.3 cm³/mol. The van der Waals surface area contributed by atoms with E-state index in [-0.39, 0.29) is 5.91 Å². The Morgan fingerprint density at radius 2 is 2.05 bits per heavy atom. The van der Waals surface area contributed by atoms with Crippen LogP contribution < -0.4 is 5.32 Å². The van der Waals surface area contributed by atoms with Crippen molar-refractivity contribution in [2.45, 2.75) is 37.8 Å². The third-order valence-corrected chi connectivity index (χ3v) is 4.82. The van der Waals surface area contributed by atoms with E-state index < -0.39 is 0 Å². The van der Waals surface area contributed by atoms with Gasteiger partial charge in [-0.3, -0.25) is 4.79 Å². The summed E-state index contributed by atoms with van der Waals surface area (Å²) in [5, 5.41) is 4.75. The molecule has 108 valence electrons. The highest BCUT2D eigenvalue weighted by molar-refractivity contribution is 6.35. The zero-order chi connectivity index (χ0) is 14.1. The number of hydrogen-bond acceptors (Lipinski definition) is 2. The highest BCUT2D eigenvalue weighted by Crippen LogP contribution is 2.24. The van der Waals surface area contributed by atoms with Crippen molar-refractivity contribution in [1.82, 2.24) is 10.2 Å². The molecule has 2 unspecified atom stereocenters. The summed E-state index contributed by atoms with van der Waals surface area (Å²) >= 11 is 12.0. The largest absolute Gasteiger partial charge is 0.341 e. The van der Waals surface area contributed by atoms with E-state index in [1.54, 1.807) is 12.1 Å². The maximum Gasteiger partial charge on any atom is 0.227 e. The van der Waals surface area contributed by atoms with E-state index >= 15 is 0 Å². The van der Waals surface area contributed by atoms with Crippen molar-refractivity contribution < 1.29 is 4.79 Å². The molecule has 2 fully saturated rings. The van der Waals surface area contributed by atoms with Crippen LogP contribution in [-0.4, -0.2) is 36.0 Å². The monoisotopic (exact) mass is 312 g/mol. The molecule has 1 aromatic carbocycles. The first-order valence-corrected chi connectivity index (χ1v) is 7.85. The minimum Gasteiger partial charge on any atom is -0.341 e. The predicted octanol–water partition coefficient (Wildman–Crippen LogP) is 2.89. The van der Waals surface area contributed by atoms with Crippen LogP contribution in [0.2, 0.25) is 10.0 Å². The molecule has 0 aliphatic carbocycles. The molecule has 2 aliphatic rings. The van der Waals surface area contributed by atoms with Crippen LogP contribution in [0, 0.1) is 0 Å². The third-order valence-electron chi connectivity index (χ3n) is 4.23. The van der Waals surface area contributed by atoms with E-state index in [4.69, 9.17) is 23.2 Å². The molecule has 1 amide bonds. The van der Waals surface area contributed by atoms with Gasteiger partial charge in [0.05, 0.1) is 6.42 Å². The molecule has 2 heterocycles. The van der Waals surface area contributed by atoms with Crippen LogP contribution in [0.1, 0.15) is 24.8 Å². The van der Waals surface area contributed by atoms with Gasteiger partial charge in [-0.2, -0.15) is 0 Å². The highest BCUT2D eigenvalue weighted by atomic mass is 35.5. The zero-order valence-corrected chi connectivity index (χ0v) is 12.8. The molecule has 2 aliphatic heterocycles. The van der Waals surface area contributed by atoms with Gasteiger partial charge in [-0.05, 0) is 37.0 Å². The molecule has 3 nitrogen and oxygen atoms in total. The number of carbonyl (C=O) groups excluding carboxylic acids is 1. The van der Waals surface area contributed by atoms with Gasteiger partial charge in [-0.15, -0.1) is 0 Å². The van der Waals surface area contributed by atoms with Crippen molar-refractivity contribution >= 4 is 29.1 Å². The quantitative estimate of drug-likeness (QED) is 0.910. The van der Waals surface area contributed by atoms with Gasteiger partial charge < -0.3 is 10.2 Å². The van der Waals surface area contributed by atoms with E-state index in [9.17, 15) is 4.79 Å². The van der Waals surface area contributed by atoms with Crippen LogP contribution in [-0.2, 0) is 11.2 Å². The minimum absolute atomic E-state index is 0.156. The summed E-state index contributed by atoms with van der Waals surface area (Å²) in [6, 6.07) is 6.37. The maximum atomic E-state index is 12.4. The SMILES string of the molecule is O=C(Cc1ccc(Cl)cc1Cl)N1CCC2CCC(C1)N2. The van der Waals surface area contributed by atoms with E-state index in [2.05, 4.69) is 5.32 Å². The summed E-state index contributed by atoms with van der Waals surface area (Å²) in [6.45, 7) is 1.67. The van der Waals surface area contributed by atoms with Gasteiger partial charge in [0.2, 0.25) is 5.91 Å². The van der Waals surface area contributed by atoms with Gasteiger partial charge in [0.1, 0.15) is 0 Å². The van der Waals surface area contributed by atoms with Crippen molar-refractivity contribution in [2.75, 3.05) is 13.1 Å². The molecule has 3 rings (SSSR count). The summed E-state index contributed by atoms with van der Waals surface area (Å²) < 4.78 is 0. The number of carbonyl (C=O) groups is 1. The summed E-state index contributed by atoms with van der Waals surface area (Å²) in [5.41, 5.74) is 0.850. The smallest absolute Gasteiger partial charge is 0.227 e. The van der Waals surface area contributed by atoms with Crippen LogP contribution in [0.5, 0.6) is 0 Å². The lowest BCUT2D eigenvalue weighted by Crippen LogP contribution is -2.39. The lowest BCUT2D eigenvalue weighted by Gasteiger charge is -2.24. The zero-order valence-electron chi connectivity index (χ0n) is 11.2. The number of nitrogens with one attached hydrogen (secondary N) is 1. The Balaban J connectivity index is 1.66. The average molecular weight is 313 g/mol. The lowest BCUT2D eigenvalue weighted by atomic mass is 10.1. The van der Waals surface area contributed by atoms with E-state index in [1.165, 1.54) is 12.8 Å². The number of hydrogen-bond donors (Lipinski definition) is 1. The molecular weight excluding hydrogens is 295 g/mol. The molecule has 0 saturated carbocycles. The van der Waals surface area contributed by atoms with Gasteiger partial charge in [-0.1, -0.05) is 29.3 Å². The number of rotatable bonds is 2. The second-order valence-corrected chi connectivity index (χ2v) is 6.52. The number of likely N-dealkylation sites (tertiary alicyclic amines) is 1. The summed E-state index contributed by atoms with van der Waals surface area (Å²) in [6.07, 6.45) is 3.83. The van der Waals surface area contributed by atoms with Crippen LogP contribution >= 0.6 is 23.2 Å². The Morgan fingerprint density at radius 1 is 1.25 bits per heavy atom. The Kier molecular flexibility index (Phi) is 4.20. The van der Waals surface area contributed by atoms with Crippen LogP contribution in [0.25, 0.3) is 0 Å². The highest BCUT2D eigenvalue weighted by Gasteiger charge is 2.31. The first-order chi connectivity index (χ1) is 9.61. The Morgan fingerprint density at radius 3 is 2.85 bits per heavy atom. The molecule has 2 bridgehead atoms. The standard InChI is InChI=1S/C15H18Cl2N2O/c16-11-2-1-10(14(17)8-11)7-15(20)19-6-5-12-3-4-13(9-19)18-12/h1-2,8,12-13,18H,3-7,9H2. The first kappa shape index (κ1) is 14.2. The van der Waals surface area contributed by atoms with E-state index in [1.807, 2.05) is 11.0 Å². The fourth-order valence-electron chi connectivity index (χ4n) is 3.11. The Hall–Kier alpha value is -0.770. The lowest BCUT2D eigenvalue weighted by molar-refractivity contribution is -0.130. The molecule has 20 heavy (non-hydrogen) atoms. The summed E-state index contributed by atoms with van der Waals surface area (Å²) in [5.74, 6) is 0.156. The summed E-state index contributed by atoms with van der Waals surface area (Å²) in [7, 11) is 0. The number of amides is 1. The van der Waals surface area contributed by atoms with Crippen LogP contribution in [0.4, 0.5) is 0 Å². The van der Waals surface area contributed by atoms with Crippen LogP contribution in [0.15, 0.2) is 18.2 Å². The normalized spacial score (nSPS) is 25.6. The van der Waals surface area contributed by atoms with Crippen molar-refractivity contribution in [3.8, 4) is 0 Å². The van der Waals surface area contributed by atoms with Crippen molar-refractivity contribution in [2.24, 2.45) is 0 Å². The number of halogens is 2. The van der Waals surface area contributed by atoms with Crippen molar-refractivity contribution in [1.29, 1.82) is 0 Å². The Bertz CT molecular complexity index is 521. The molecule has 0 spiro atoms. The topological polar surface area (TPSA) is 32.3 Å². The fourth-order valence-corrected chi connectivity index (χ4v) is 3.58. The third kappa shape index (κ3) is 3.11. The van der Waals surface area contributed by atoms with Crippen LogP contribution in [0.3, 0.4) is 0 Å². The first-order valence-electron chi connectivity index (χ1n) is 7.09. The molecule has 2 atom stereocenters. The van der Waals surface area contributed by atoms with Gasteiger partial charge in [0.25, 0.3) is 0 Å². The van der Waals surface area contributed by atoms with Gasteiger partial charge in [0, 0.05) is 35.2 Å². The molecule has 1 aromatic rings.